The van der Waals surface area contributed by atoms with Crippen LogP contribution in [0, 0.1) is 0 Å². The van der Waals surface area contributed by atoms with E-state index in [-0.39, 0.29) is 11.9 Å². The highest BCUT2D eigenvalue weighted by atomic mass is 35.5. The molecule has 1 saturated heterocycles. The van der Waals surface area contributed by atoms with Crippen LogP contribution in [-0.2, 0) is 4.79 Å². The number of methoxy groups -OCH3 is 1. The van der Waals surface area contributed by atoms with Gasteiger partial charge in [0.15, 0.2) is 0 Å². The Morgan fingerprint density at radius 1 is 0.966 bits per heavy atom. The summed E-state index contributed by atoms with van der Waals surface area (Å²) in [5.74, 6) is 0.619. The van der Waals surface area contributed by atoms with E-state index in [9.17, 15) is 4.79 Å². The lowest BCUT2D eigenvalue weighted by atomic mass is 10.0. The minimum absolute atomic E-state index is 0.145. The zero-order chi connectivity index (χ0) is 20.4. The number of rotatable bonds is 4. The fraction of sp³-hybridized carbons (Fsp3) is 0.130. The number of nitrogens with zero attached hydrogens (tertiary/aromatic N) is 2. The van der Waals surface area contributed by atoms with Gasteiger partial charge in [0.2, 0.25) is 0 Å². The average molecular weight is 425 g/mol. The van der Waals surface area contributed by atoms with Gasteiger partial charge >= 0.3 is 0 Å². The molecule has 0 spiro atoms. The lowest BCUT2D eigenvalue weighted by molar-refractivity contribution is -0.112. The second kappa shape index (κ2) is 8.27. The summed E-state index contributed by atoms with van der Waals surface area (Å²) in [6, 6.07) is 22.0. The molecule has 0 aromatic heterocycles. The molecule has 1 heterocycles. The number of aliphatic imine (C=N–C) groups is 1. The maximum atomic E-state index is 13.3. The fourth-order valence-electron chi connectivity index (χ4n) is 3.45. The van der Waals surface area contributed by atoms with Gasteiger partial charge in [-0.3, -0.25) is 9.69 Å². The zero-order valence-corrected chi connectivity index (χ0v) is 17.2. The Labute approximate surface area is 179 Å². The summed E-state index contributed by atoms with van der Waals surface area (Å²) in [7, 11) is 1.63. The SMILES string of the molecule is COc1ccc([C@H]2CC(=Nc3cccc(Cl)c3)C(=O)N2c2cccc(Cl)c2)cc1. The van der Waals surface area contributed by atoms with Gasteiger partial charge in [-0.2, -0.15) is 0 Å². The van der Waals surface area contributed by atoms with Gasteiger partial charge in [0.1, 0.15) is 11.5 Å². The molecule has 3 aromatic carbocycles. The van der Waals surface area contributed by atoms with E-state index in [2.05, 4.69) is 4.99 Å². The number of benzene rings is 3. The van der Waals surface area contributed by atoms with Gasteiger partial charge in [0.05, 0.1) is 18.8 Å². The lowest BCUT2D eigenvalue weighted by Crippen LogP contribution is -2.29. The van der Waals surface area contributed by atoms with E-state index in [0.29, 0.717) is 27.9 Å². The van der Waals surface area contributed by atoms with Crippen LogP contribution in [0.15, 0.2) is 77.8 Å². The number of hydrogen-bond acceptors (Lipinski definition) is 3. The van der Waals surface area contributed by atoms with Crippen LogP contribution in [0.5, 0.6) is 5.75 Å². The summed E-state index contributed by atoms with van der Waals surface area (Å²) in [6.07, 6.45) is 0.476. The number of anilines is 1. The molecule has 1 amide bonds. The molecule has 0 unspecified atom stereocenters. The van der Waals surface area contributed by atoms with Crippen molar-refractivity contribution in [2.45, 2.75) is 12.5 Å². The molecule has 6 heteroatoms. The molecule has 0 N–H and O–H groups in total. The Balaban J connectivity index is 1.77. The van der Waals surface area contributed by atoms with Crippen molar-refractivity contribution < 1.29 is 9.53 Å². The van der Waals surface area contributed by atoms with Gasteiger partial charge in [-0.25, -0.2) is 4.99 Å². The molecule has 4 rings (SSSR count). The Morgan fingerprint density at radius 3 is 2.31 bits per heavy atom. The van der Waals surface area contributed by atoms with Crippen molar-refractivity contribution in [1.82, 2.24) is 0 Å². The normalized spacial score (nSPS) is 17.8. The van der Waals surface area contributed by atoms with Crippen LogP contribution in [0.2, 0.25) is 10.0 Å². The molecule has 0 aliphatic carbocycles. The molecule has 146 valence electrons. The van der Waals surface area contributed by atoms with Crippen LogP contribution >= 0.6 is 23.2 Å². The van der Waals surface area contributed by atoms with Crippen molar-refractivity contribution in [3.8, 4) is 5.75 Å². The number of ether oxygens (including phenoxy) is 1. The summed E-state index contributed by atoms with van der Waals surface area (Å²) in [4.78, 5) is 19.6. The van der Waals surface area contributed by atoms with Crippen LogP contribution in [0.25, 0.3) is 0 Å². The third kappa shape index (κ3) is 4.14. The highest BCUT2D eigenvalue weighted by molar-refractivity contribution is 6.47. The molecule has 1 atom stereocenters. The summed E-state index contributed by atoms with van der Waals surface area (Å²) in [5, 5.41) is 1.15. The van der Waals surface area contributed by atoms with Crippen LogP contribution < -0.4 is 9.64 Å². The van der Waals surface area contributed by atoms with Crippen molar-refractivity contribution >= 4 is 46.2 Å². The Kier molecular flexibility index (Phi) is 5.56. The fourth-order valence-corrected chi connectivity index (χ4v) is 3.82. The number of amides is 1. The second-order valence-electron chi connectivity index (χ2n) is 6.69. The molecule has 4 nitrogen and oxygen atoms in total. The second-order valence-corrected chi connectivity index (χ2v) is 7.56. The van der Waals surface area contributed by atoms with E-state index in [0.717, 1.165) is 17.0 Å². The van der Waals surface area contributed by atoms with Crippen LogP contribution in [0.1, 0.15) is 18.0 Å². The molecular weight excluding hydrogens is 407 g/mol. The minimum atomic E-state index is -0.190. The molecule has 1 aliphatic heterocycles. The highest BCUT2D eigenvalue weighted by Gasteiger charge is 2.38. The Hall–Kier alpha value is -2.82. The van der Waals surface area contributed by atoms with E-state index in [1.54, 1.807) is 36.3 Å². The van der Waals surface area contributed by atoms with E-state index in [1.807, 2.05) is 48.5 Å². The van der Waals surface area contributed by atoms with Crippen molar-refractivity contribution in [1.29, 1.82) is 0 Å². The molecule has 1 aliphatic rings. The number of halogens is 2. The van der Waals surface area contributed by atoms with Gasteiger partial charge in [0, 0.05) is 22.2 Å². The molecule has 1 fully saturated rings. The number of carbonyl (C=O) groups is 1. The van der Waals surface area contributed by atoms with Crippen LogP contribution in [0.3, 0.4) is 0 Å². The standard InChI is InChI=1S/C23H18Cl2N2O2/c1-29-20-10-8-15(9-11-20)22-14-21(26-18-6-2-4-16(24)12-18)23(28)27(22)19-7-3-5-17(25)13-19/h2-13,22H,14H2,1H3/t22-/m1/s1. The third-order valence-corrected chi connectivity index (χ3v) is 5.29. The van der Waals surface area contributed by atoms with E-state index in [1.165, 1.54) is 0 Å². The molecule has 0 bridgehead atoms. The predicted octanol–water partition coefficient (Wildman–Crippen LogP) is 6.25. The van der Waals surface area contributed by atoms with Crippen molar-refractivity contribution in [2.24, 2.45) is 4.99 Å². The van der Waals surface area contributed by atoms with Gasteiger partial charge in [-0.05, 0) is 54.1 Å². The molecule has 0 saturated carbocycles. The first-order valence-electron chi connectivity index (χ1n) is 9.11. The largest absolute Gasteiger partial charge is 0.497 e. The first-order chi connectivity index (χ1) is 14.0. The predicted molar refractivity (Wildman–Crippen MR) is 118 cm³/mol. The Morgan fingerprint density at radius 2 is 1.66 bits per heavy atom. The van der Waals surface area contributed by atoms with Crippen molar-refractivity contribution in [3.05, 3.63) is 88.4 Å². The van der Waals surface area contributed by atoms with Gasteiger partial charge in [-0.1, -0.05) is 47.5 Å². The van der Waals surface area contributed by atoms with Crippen LogP contribution in [-0.4, -0.2) is 18.7 Å². The molecule has 3 aromatic rings. The molecule has 29 heavy (non-hydrogen) atoms. The lowest BCUT2D eigenvalue weighted by Gasteiger charge is -2.25. The molecule has 0 radical (unpaired) electrons. The maximum Gasteiger partial charge on any atom is 0.273 e. The third-order valence-electron chi connectivity index (χ3n) is 4.82. The number of carbonyl (C=O) groups excluding carboxylic acids is 1. The summed E-state index contributed by atoms with van der Waals surface area (Å²) < 4.78 is 5.26. The zero-order valence-electron chi connectivity index (χ0n) is 15.7. The van der Waals surface area contributed by atoms with E-state index >= 15 is 0 Å². The van der Waals surface area contributed by atoms with E-state index in [4.69, 9.17) is 27.9 Å². The van der Waals surface area contributed by atoms with Crippen LogP contribution in [0.4, 0.5) is 11.4 Å². The average Bonchev–Trinajstić information content (AvgIpc) is 3.04. The smallest absolute Gasteiger partial charge is 0.273 e. The maximum absolute atomic E-state index is 13.3. The quantitative estimate of drug-likeness (QED) is 0.496. The Bertz CT molecular complexity index is 1080. The summed E-state index contributed by atoms with van der Waals surface area (Å²) in [6.45, 7) is 0. The number of hydrogen-bond donors (Lipinski definition) is 0. The topological polar surface area (TPSA) is 41.9 Å². The van der Waals surface area contributed by atoms with Crippen molar-refractivity contribution in [2.75, 3.05) is 12.0 Å². The summed E-state index contributed by atoms with van der Waals surface area (Å²) in [5.41, 5.74) is 2.87. The highest BCUT2D eigenvalue weighted by Crippen LogP contribution is 2.38. The van der Waals surface area contributed by atoms with Crippen molar-refractivity contribution in [3.63, 3.8) is 0 Å². The minimum Gasteiger partial charge on any atom is -0.497 e. The summed E-state index contributed by atoms with van der Waals surface area (Å²) >= 11 is 12.3. The van der Waals surface area contributed by atoms with Gasteiger partial charge in [-0.15, -0.1) is 0 Å². The first kappa shape index (κ1) is 19.5. The molecular formula is C23H18Cl2N2O2. The van der Waals surface area contributed by atoms with E-state index < -0.39 is 0 Å². The first-order valence-corrected chi connectivity index (χ1v) is 9.87. The van der Waals surface area contributed by atoms with Gasteiger partial charge in [0.25, 0.3) is 5.91 Å². The van der Waals surface area contributed by atoms with Gasteiger partial charge < -0.3 is 4.74 Å². The monoisotopic (exact) mass is 424 g/mol.